The molecular weight excluding hydrogens is 407 g/mol. The third kappa shape index (κ3) is 4.09. The lowest BCUT2D eigenvalue weighted by molar-refractivity contribution is -0.117. The number of alkyl halides is 1. The molecule has 32 heavy (non-hydrogen) atoms. The number of carbonyl (C=O) groups excluding carboxylic acids is 1. The zero-order valence-electron chi connectivity index (χ0n) is 17.7. The van der Waals surface area contributed by atoms with Crippen LogP contribution in [0.5, 0.6) is 5.75 Å². The quantitative estimate of drug-likeness (QED) is 0.610. The van der Waals surface area contributed by atoms with Crippen molar-refractivity contribution < 1.29 is 13.9 Å². The van der Waals surface area contributed by atoms with Gasteiger partial charge in [-0.1, -0.05) is 11.8 Å². The van der Waals surface area contributed by atoms with Crippen molar-refractivity contribution >= 4 is 28.3 Å². The first kappa shape index (κ1) is 20.3. The van der Waals surface area contributed by atoms with Gasteiger partial charge >= 0.3 is 0 Å². The minimum atomic E-state index is -0.471. The number of ether oxygens (including phenoxy) is 1. The standard InChI is InChI=1S/C25H23FN4O2/c1-27-24-21-14-28-23(30-25(31)16-5-6-16)11-20(21)18(13-29-24)4-2-15-3-9-22-17(10-15)7-8-19(12-26)32-22/h3,9-11,13-14,16,19H,5-8,12H2,1H3,(H,27,29)(H,28,30,31)/t19-/m0/s1. The molecule has 1 amide bonds. The highest BCUT2D eigenvalue weighted by atomic mass is 19.1. The van der Waals surface area contributed by atoms with Gasteiger partial charge in [0.15, 0.2) is 0 Å². The zero-order chi connectivity index (χ0) is 22.1. The summed E-state index contributed by atoms with van der Waals surface area (Å²) in [5, 5.41) is 7.67. The Kier molecular flexibility index (Phi) is 5.36. The molecule has 0 radical (unpaired) electrons. The van der Waals surface area contributed by atoms with Gasteiger partial charge in [-0.05, 0) is 55.5 Å². The Morgan fingerprint density at radius 3 is 2.81 bits per heavy atom. The van der Waals surface area contributed by atoms with E-state index in [1.54, 1.807) is 19.4 Å². The predicted octanol–water partition coefficient (Wildman–Crippen LogP) is 4.08. The minimum Gasteiger partial charge on any atom is -0.487 e. The van der Waals surface area contributed by atoms with Crippen LogP contribution in [0.3, 0.4) is 0 Å². The molecule has 1 aliphatic heterocycles. The molecular formula is C25H23FN4O2. The van der Waals surface area contributed by atoms with Gasteiger partial charge in [0.2, 0.25) is 5.91 Å². The minimum absolute atomic E-state index is 0.0126. The van der Waals surface area contributed by atoms with E-state index >= 15 is 0 Å². The Morgan fingerprint density at radius 2 is 2.03 bits per heavy atom. The summed E-state index contributed by atoms with van der Waals surface area (Å²) in [4.78, 5) is 21.0. The summed E-state index contributed by atoms with van der Waals surface area (Å²) in [6.07, 6.45) is 6.39. The van der Waals surface area contributed by atoms with E-state index in [0.29, 0.717) is 18.1 Å². The lowest BCUT2D eigenvalue weighted by Crippen LogP contribution is -2.24. The largest absolute Gasteiger partial charge is 0.487 e. The molecule has 2 aromatic heterocycles. The van der Waals surface area contributed by atoms with Crippen molar-refractivity contribution in [2.75, 3.05) is 24.4 Å². The van der Waals surface area contributed by atoms with E-state index in [2.05, 4.69) is 32.4 Å². The van der Waals surface area contributed by atoms with Crippen molar-refractivity contribution in [1.29, 1.82) is 0 Å². The number of amides is 1. The summed E-state index contributed by atoms with van der Waals surface area (Å²) in [5.74, 6) is 8.48. The van der Waals surface area contributed by atoms with Gasteiger partial charge in [-0.3, -0.25) is 4.79 Å². The number of nitrogens with zero attached hydrogens (tertiary/aromatic N) is 2. The van der Waals surface area contributed by atoms with Gasteiger partial charge < -0.3 is 15.4 Å². The van der Waals surface area contributed by atoms with Gasteiger partial charge in [0.05, 0.1) is 5.56 Å². The Bertz CT molecular complexity index is 1260. The first-order valence-corrected chi connectivity index (χ1v) is 10.8. The molecule has 5 rings (SSSR count). The van der Waals surface area contributed by atoms with Crippen LogP contribution in [0.1, 0.15) is 36.0 Å². The summed E-state index contributed by atoms with van der Waals surface area (Å²) in [5.41, 5.74) is 2.65. The number of hydrogen-bond acceptors (Lipinski definition) is 5. The van der Waals surface area contributed by atoms with Crippen molar-refractivity contribution in [3.05, 3.63) is 53.3 Å². The molecule has 1 saturated carbocycles. The van der Waals surface area contributed by atoms with Crippen LogP contribution in [0.2, 0.25) is 0 Å². The topological polar surface area (TPSA) is 76.1 Å². The molecule has 0 bridgehead atoms. The number of hydrogen-bond donors (Lipinski definition) is 2. The van der Waals surface area contributed by atoms with E-state index in [1.165, 1.54) is 0 Å². The third-order valence-corrected chi connectivity index (χ3v) is 5.81. The van der Waals surface area contributed by atoms with Crippen LogP contribution in [0.25, 0.3) is 10.8 Å². The van der Waals surface area contributed by atoms with E-state index in [1.807, 2.05) is 24.3 Å². The number of benzene rings is 1. The lowest BCUT2D eigenvalue weighted by Gasteiger charge is -2.24. The molecule has 2 aliphatic rings. The maximum Gasteiger partial charge on any atom is 0.228 e. The predicted molar refractivity (Wildman–Crippen MR) is 122 cm³/mol. The lowest BCUT2D eigenvalue weighted by atomic mass is 10.00. The van der Waals surface area contributed by atoms with E-state index in [9.17, 15) is 9.18 Å². The average Bonchev–Trinajstić information content (AvgIpc) is 3.67. The van der Waals surface area contributed by atoms with Crippen LogP contribution in [-0.4, -0.2) is 35.7 Å². The van der Waals surface area contributed by atoms with Gasteiger partial charge in [0.25, 0.3) is 0 Å². The Labute approximate surface area is 185 Å². The van der Waals surface area contributed by atoms with Crippen molar-refractivity contribution in [2.45, 2.75) is 31.8 Å². The van der Waals surface area contributed by atoms with E-state index in [0.717, 1.165) is 52.5 Å². The molecule has 3 aromatic rings. The van der Waals surface area contributed by atoms with Crippen LogP contribution in [0.4, 0.5) is 16.0 Å². The van der Waals surface area contributed by atoms with Crippen molar-refractivity contribution in [2.24, 2.45) is 5.92 Å². The number of nitrogens with one attached hydrogen (secondary N) is 2. The fourth-order valence-corrected chi connectivity index (χ4v) is 3.85. The maximum atomic E-state index is 12.9. The van der Waals surface area contributed by atoms with Crippen LogP contribution >= 0.6 is 0 Å². The molecule has 2 N–H and O–H groups in total. The highest BCUT2D eigenvalue weighted by molar-refractivity contribution is 5.99. The Morgan fingerprint density at radius 1 is 1.16 bits per heavy atom. The van der Waals surface area contributed by atoms with Gasteiger partial charge in [-0.2, -0.15) is 0 Å². The summed E-state index contributed by atoms with van der Waals surface area (Å²) in [7, 11) is 1.80. The molecule has 0 unspecified atom stereocenters. The second kappa shape index (κ2) is 8.46. The van der Waals surface area contributed by atoms with Gasteiger partial charge in [0.1, 0.15) is 30.2 Å². The normalized spacial score (nSPS) is 17.0. The smallest absolute Gasteiger partial charge is 0.228 e. The summed E-state index contributed by atoms with van der Waals surface area (Å²) in [6.45, 7) is -0.471. The number of anilines is 2. The maximum absolute atomic E-state index is 12.9. The number of rotatable bonds is 4. The number of aromatic nitrogens is 2. The van der Waals surface area contributed by atoms with E-state index < -0.39 is 6.67 Å². The molecule has 0 spiro atoms. The van der Waals surface area contributed by atoms with E-state index in [-0.39, 0.29) is 17.9 Å². The highest BCUT2D eigenvalue weighted by Crippen LogP contribution is 2.31. The van der Waals surface area contributed by atoms with Crippen LogP contribution in [0.15, 0.2) is 36.7 Å². The molecule has 3 heterocycles. The number of fused-ring (bicyclic) bond motifs is 2. The zero-order valence-corrected chi connectivity index (χ0v) is 17.7. The van der Waals surface area contributed by atoms with Crippen LogP contribution in [0, 0.1) is 17.8 Å². The molecule has 1 aromatic carbocycles. The van der Waals surface area contributed by atoms with Crippen LogP contribution < -0.4 is 15.4 Å². The highest BCUT2D eigenvalue weighted by Gasteiger charge is 2.29. The molecule has 1 fully saturated rings. The third-order valence-electron chi connectivity index (χ3n) is 5.81. The fourth-order valence-electron chi connectivity index (χ4n) is 3.85. The summed E-state index contributed by atoms with van der Waals surface area (Å²) >= 11 is 0. The molecule has 162 valence electrons. The average molecular weight is 430 g/mol. The second-order valence-corrected chi connectivity index (χ2v) is 8.15. The summed E-state index contributed by atoms with van der Waals surface area (Å²) < 4.78 is 18.6. The monoisotopic (exact) mass is 430 g/mol. The van der Waals surface area contributed by atoms with Gasteiger partial charge in [-0.25, -0.2) is 14.4 Å². The SMILES string of the molecule is CNc1ncc(C#Cc2ccc3c(c2)CC[C@@H](CF)O3)c2cc(NC(=O)C3CC3)ncc12. The number of halogens is 1. The first-order valence-electron chi connectivity index (χ1n) is 10.8. The number of carbonyl (C=O) groups is 1. The van der Waals surface area contributed by atoms with Crippen molar-refractivity contribution in [3.8, 4) is 17.6 Å². The second-order valence-electron chi connectivity index (χ2n) is 8.15. The molecule has 7 heteroatoms. The Hall–Kier alpha value is -3.66. The molecule has 6 nitrogen and oxygen atoms in total. The van der Waals surface area contributed by atoms with E-state index in [4.69, 9.17) is 4.74 Å². The van der Waals surface area contributed by atoms with Gasteiger partial charge in [-0.15, -0.1) is 0 Å². The number of aryl methyl sites for hydroxylation is 1. The number of pyridine rings is 2. The molecule has 1 atom stereocenters. The first-order chi connectivity index (χ1) is 15.6. The fraction of sp³-hybridized carbons (Fsp3) is 0.320. The Balaban J connectivity index is 1.47. The van der Waals surface area contributed by atoms with Crippen molar-refractivity contribution in [3.63, 3.8) is 0 Å². The van der Waals surface area contributed by atoms with Gasteiger partial charge in [0, 0.05) is 41.7 Å². The van der Waals surface area contributed by atoms with Crippen LogP contribution in [-0.2, 0) is 11.2 Å². The van der Waals surface area contributed by atoms with Crippen molar-refractivity contribution in [1.82, 2.24) is 9.97 Å². The summed E-state index contributed by atoms with van der Waals surface area (Å²) in [6, 6.07) is 7.58. The molecule has 1 aliphatic carbocycles. The molecule has 0 saturated heterocycles.